The minimum absolute atomic E-state index is 0.125. The number of fused-ring (bicyclic) bond motifs is 1. The van der Waals surface area contributed by atoms with E-state index in [1.54, 1.807) is 26.9 Å². The summed E-state index contributed by atoms with van der Waals surface area (Å²) in [5.41, 5.74) is -1.03. The van der Waals surface area contributed by atoms with Gasteiger partial charge in [0, 0.05) is 26.2 Å². The molecule has 1 aromatic carbocycles. The van der Waals surface area contributed by atoms with Gasteiger partial charge in [-0.3, -0.25) is 14.4 Å². The highest BCUT2D eigenvalue weighted by atomic mass is 16.5. The lowest BCUT2D eigenvalue weighted by atomic mass is 9.66. The summed E-state index contributed by atoms with van der Waals surface area (Å²) in [6, 6.07) is 8.10. The molecule has 0 aromatic heterocycles. The van der Waals surface area contributed by atoms with E-state index in [-0.39, 0.29) is 24.3 Å². The zero-order chi connectivity index (χ0) is 29.8. The number of likely N-dealkylation sites (tertiary alicyclic amines) is 1. The molecule has 1 N–H and O–H groups in total. The van der Waals surface area contributed by atoms with E-state index in [1.807, 2.05) is 44.2 Å². The molecule has 3 aliphatic heterocycles. The number of carbonyl (C=O) groups is 3. The fourth-order valence-electron chi connectivity index (χ4n) is 7.43. The molecule has 2 bridgehead atoms. The molecular weight excluding hydrogens is 518 g/mol. The van der Waals surface area contributed by atoms with E-state index in [1.165, 1.54) is 0 Å². The summed E-state index contributed by atoms with van der Waals surface area (Å²) in [5, 5.41) is 10.7. The smallest absolute Gasteiger partial charge is 0.248 e. The molecule has 4 rings (SSSR count). The highest BCUT2D eigenvalue weighted by Gasteiger charge is 2.78. The van der Waals surface area contributed by atoms with Crippen LogP contribution in [0.5, 0.6) is 0 Å². The second-order valence-corrected chi connectivity index (χ2v) is 12.0. The molecule has 6 atom stereocenters. The molecule has 3 saturated heterocycles. The van der Waals surface area contributed by atoms with Crippen LogP contribution in [0.2, 0.25) is 0 Å². The maximum Gasteiger partial charge on any atom is 0.248 e. The van der Waals surface area contributed by atoms with Gasteiger partial charge >= 0.3 is 0 Å². The minimum atomic E-state index is -1.13. The van der Waals surface area contributed by atoms with Gasteiger partial charge < -0.3 is 24.5 Å². The van der Waals surface area contributed by atoms with Gasteiger partial charge in [0.2, 0.25) is 17.7 Å². The quantitative estimate of drug-likeness (QED) is 0.328. The second kappa shape index (κ2) is 12.9. The molecule has 0 radical (unpaired) electrons. The predicted molar refractivity (Wildman–Crippen MR) is 159 cm³/mol. The molecule has 1 spiro atoms. The first-order chi connectivity index (χ1) is 19.7. The van der Waals surface area contributed by atoms with Crippen molar-refractivity contribution in [1.82, 2.24) is 14.7 Å². The number of hydrogen-bond acceptors (Lipinski definition) is 5. The van der Waals surface area contributed by atoms with Crippen LogP contribution in [-0.2, 0) is 25.5 Å². The topological polar surface area (TPSA) is 90.4 Å². The third kappa shape index (κ3) is 5.48. The molecule has 3 amide bonds. The van der Waals surface area contributed by atoms with Crippen LogP contribution in [0.25, 0.3) is 0 Å². The van der Waals surface area contributed by atoms with Crippen LogP contribution in [0.4, 0.5) is 0 Å². The summed E-state index contributed by atoms with van der Waals surface area (Å²) >= 11 is 0. The van der Waals surface area contributed by atoms with E-state index in [0.29, 0.717) is 45.4 Å². The van der Waals surface area contributed by atoms with Crippen LogP contribution in [0.3, 0.4) is 0 Å². The lowest BCUT2D eigenvalue weighted by Crippen LogP contribution is -2.59. The molecule has 8 heteroatoms. The summed E-state index contributed by atoms with van der Waals surface area (Å²) in [4.78, 5) is 48.4. The third-order valence-corrected chi connectivity index (χ3v) is 9.23. The van der Waals surface area contributed by atoms with Crippen molar-refractivity contribution in [3.05, 3.63) is 61.2 Å². The van der Waals surface area contributed by atoms with Crippen molar-refractivity contribution in [3.63, 3.8) is 0 Å². The Morgan fingerprint density at radius 1 is 1.07 bits per heavy atom. The van der Waals surface area contributed by atoms with Crippen LogP contribution >= 0.6 is 0 Å². The average Bonchev–Trinajstić information content (AvgIpc) is 3.54. The lowest BCUT2D eigenvalue weighted by Gasteiger charge is -2.39. The Hall–Kier alpha value is -2.97. The Labute approximate surface area is 245 Å². The Morgan fingerprint density at radius 2 is 1.73 bits per heavy atom. The number of amides is 3. The van der Waals surface area contributed by atoms with Crippen LogP contribution in [0.1, 0.15) is 58.4 Å². The molecule has 3 fully saturated rings. The first kappa shape index (κ1) is 31.0. The molecule has 3 aliphatic rings. The first-order valence-electron chi connectivity index (χ1n) is 15.2. The van der Waals surface area contributed by atoms with Gasteiger partial charge in [0.25, 0.3) is 0 Å². The average molecular weight is 566 g/mol. The van der Waals surface area contributed by atoms with Crippen molar-refractivity contribution < 1.29 is 24.2 Å². The normalized spacial score (nSPS) is 28.8. The second-order valence-electron chi connectivity index (χ2n) is 12.0. The van der Waals surface area contributed by atoms with Gasteiger partial charge in [-0.05, 0) is 44.6 Å². The highest BCUT2D eigenvalue weighted by Crippen LogP contribution is 2.64. The van der Waals surface area contributed by atoms with Crippen LogP contribution in [0.15, 0.2) is 55.6 Å². The number of benzene rings is 1. The third-order valence-electron chi connectivity index (χ3n) is 9.23. The number of aliphatic hydroxyl groups excluding tert-OH is 1. The van der Waals surface area contributed by atoms with Gasteiger partial charge in [0.05, 0.1) is 30.1 Å². The monoisotopic (exact) mass is 565 g/mol. The molecule has 224 valence electrons. The number of ether oxygens (including phenoxy) is 1. The fourth-order valence-corrected chi connectivity index (χ4v) is 7.43. The molecular formula is C33H47N3O5. The van der Waals surface area contributed by atoms with Crippen LogP contribution in [-0.4, -0.2) is 93.6 Å². The Morgan fingerprint density at radius 3 is 2.32 bits per heavy atom. The lowest BCUT2D eigenvalue weighted by molar-refractivity contribution is -0.156. The van der Waals surface area contributed by atoms with E-state index in [2.05, 4.69) is 20.1 Å². The van der Waals surface area contributed by atoms with Crippen molar-refractivity contribution in [2.45, 2.75) is 82.6 Å². The molecule has 0 saturated carbocycles. The van der Waals surface area contributed by atoms with E-state index in [9.17, 15) is 19.5 Å². The summed E-state index contributed by atoms with van der Waals surface area (Å²) in [5.74, 6) is -2.11. The molecule has 41 heavy (non-hydrogen) atoms. The number of unbranched alkanes of at least 4 members (excludes halogenated alkanes) is 1. The largest absolute Gasteiger partial charge is 0.394 e. The summed E-state index contributed by atoms with van der Waals surface area (Å²) in [6.07, 6.45) is 7.39. The molecule has 0 aliphatic carbocycles. The summed E-state index contributed by atoms with van der Waals surface area (Å²) in [7, 11) is 0. The summed E-state index contributed by atoms with van der Waals surface area (Å²) in [6.45, 7) is 15.2. The molecule has 8 nitrogen and oxygen atoms in total. The zero-order valence-electron chi connectivity index (χ0n) is 25.0. The number of hydrogen-bond donors (Lipinski definition) is 1. The number of aliphatic hydroxyl groups is 1. The van der Waals surface area contributed by atoms with Crippen molar-refractivity contribution in [1.29, 1.82) is 0 Å². The zero-order valence-corrected chi connectivity index (χ0v) is 25.0. The number of carbonyl (C=O) groups excluding carboxylic acids is 3. The van der Waals surface area contributed by atoms with E-state index in [4.69, 9.17) is 4.74 Å². The minimum Gasteiger partial charge on any atom is -0.394 e. The highest BCUT2D eigenvalue weighted by molar-refractivity contribution is 5.99. The SMILES string of the molecule is C=CCN(CCCC)C(=O)C1N([C@@H](CO)Cc2ccccc2)C(=O)[C@@H]2[C@H](C(=O)N(CC=C)CCC)[C@]3(C)CCC12O3. The van der Waals surface area contributed by atoms with E-state index in [0.717, 1.165) is 24.8 Å². The van der Waals surface area contributed by atoms with Crippen molar-refractivity contribution in [3.8, 4) is 0 Å². The van der Waals surface area contributed by atoms with Crippen molar-refractivity contribution in [2.75, 3.05) is 32.8 Å². The van der Waals surface area contributed by atoms with Crippen LogP contribution < -0.4 is 0 Å². The Bertz CT molecular complexity index is 1130. The Kier molecular flexibility index (Phi) is 9.75. The molecule has 1 aromatic rings. The van der Waals surface area contributed by atoms with Gasteiger partial charge in [-0.25, -0.2) is 0 Å². The van der Waals surface area contributed by atoms with Gasteiger partial charge in [-0.2, -0.15) is 0 Å². The van der Waals surface area contributed by atoms with E-state index >= 15 is 0 Å². The van der Waals surface area contributed by atoms with Crippen molar-refractivity contribution in [2.24, 2.45) is 11.8 Å². The Balaban J connectivity index is 1.81. The van der Waals surface area contributed by atoms with Gasteiger partial charge in [-0.1, -0.05) is 62.8 Å². The molecule has 3 heterocycles. The van der Waals surface area contributed by atoms with Crippen LogP contribution in [0, 0.1) is 11.8 Å². The fraction of sp³-hybridized carbons (Fsp3) is 0.606. The van der Waals surface area contributed by atoms with Gasteiger partial charge in [0.1, 0.15) is 11.6 Å². The number of rotatable bonds is 15. The molecule has 2 unspecified atom stereocenters. The number of nitrogens with zero attached hydrogens (tertiary/aromatic N) is 3. The van der Waals surface area contributed by atoms with Gasteiger partial charge in [0.15, 0.2) is 0 Å². The van der Waals surface area contributed by atoms with E-state index < -0.39 is 35.1 Å². The van der Waals surface area contributed by atoms with Gasteiger partial charge in [-0.15, -0.1) is 13.2 Å². The maximum absolute atomic E-state index is 14.6. The maximum atomic E-state index is 14.6. The first-order valence-corrected chi connectivity index (χ1v) is 15.2. The standard InChI is InChI=1S/C33H47N3O5/c1-6-10-21-35(20-9-4)31(40)28-33-17-16-32(5,41-33)26(29(38)34(18-7-2)19-8-3)27(33)30(39)36(28)25(23-37)22-24-14-12-11-13-15-24/h7,9,11-15,25-28,37H,2,4,6,8,10,16-23H2,1,3,5H3/t25-,26-,27+,28?,32+,33?/m1/s1. The summed E-state index contributed by atoms with van der Waals surface area (Å²) < 4.78 is 6.83. The predicted octanol–water partition coefficient (Wildman–Crippen LogP) is 3.59. The van der Waals surface area contributed by atoms with Crippen molar-refractivity contribution >= 4 is 17.7 Å².